The van der Waals surface area contributed by atoms with Gasteiger partial charge in [-0.05, 0) is 39.8 Å². The Morgan fingerprint density at radius 1 is 1.15 bits per heavy atom. The molecule has 7 heteroatoms. The number of piperazine rings is 1. The lowest BCUT2D eigenvalue weighted by Crippen LogP contribution is -2.52. The summed E-state index contributed by atoms with van der Waals surface area (Å²) in [5, 5.41) is 3.38. The molecule has 0 bridgehead atoms. The van der Waals surface area contributed by atoms with E-state index in [1.807, 2.05) is 20.8 Å². The maximum Gasteiger partial charge on any atom is 0.194 e. The van der Waals surface area contributed by atoms with E-state index in [4.69, 9.17) is 4.99 Å². The Bertz CT molecular complexity index is 581. The van der Waals surface area contributed by atoms with E-state index in [0.29, 0.717) is 12.3 Å². The minimum Gasteiger partial charge on any atom is -0.368 e. The minimum absolute atomic E-state index is 0. The summed E-state index contributed by atoms with van der Waals surface area (Å²) in [5.41, 5.74) is 1.28. The molecule has 0 aromatic heterocycles. The third-order valence-corrected chi connectivity index (χ3v) is 6.18. The molecule has 1 aliphatic rings. The zero-order chi connectivity index (χ0) is 18.3. The Balaban J connectivity index is 0.00000338. The number of hydrogen-bond acceptors (Lipinski definition) is 3. The number of halogens is 1. The molecule has 1 unspecified atom stereocenters. The van der Waals surface area contributed by atoms with Crippen molar-refractivity contribution in [2.24, 2.45) is 4.99 Å². The number of hydrogen-bond donors (Lipinski definition) is 1. The number of benzene rings is 1. The molecule has 5 nitrogen and oxygen atoms in total. The molecular formula is C19H33IN4OS. The molecule has 2 rings (SSSR count). The van der Waals surface area contributed by atoms with Gasteiger partial charge < -0.3 is 15.1 Å². The van der Waals surface area contributed by atoms with Gasteiger partial charge in [0.1, 0.15) is 0 Å². The van der Waals surface area contributed by atoms with Crippen molar-refractivity contribution in [2.75, 3.05) is 49.9 Å². The smallest absolute Gasteiger partial charge is 0.194 e. The number of rotatable bonds is 5. The number of nitrogens with zero attached hydrogens (tertiary/aromatic N) is 3. The van der Waals surface area contributed by atoms with Crippen LogP contribution in [-0.4, -0.2) is 64.8 Å². The first-order valence-electron chi connectivity index (χ1n) is 9.13. The van der Waals surface area contributed by atoms with Crippen LogP contribution >= 0.6 is 24.0 Å². The number of guanidine groups is 1. The van der Waals surface area contributed by atoms with Crippen LogP contribution in [0.15, 0.2) is 35.3 Å². The number of para-hydroxylation sites is 1. The van der Waals surface area contributed by atoms with Crippen LogP contribution in [0.25, 0.3) is 0 Å². The van der Waals surface area contributed by atoms with Gasteiger partial charge in [-0.25, -0.2) is 0 Å². The normalized spacial score (nSPS) is 16.8. The van der Waals surface area contributed by atoms with Crippen molar-refractivity contribution >= 4 is 46.4 Å². The molecule has 148 valence electrons. The molecule has 1 atom stereocenters. The highest BCUT2D eigenvalue weighted by atomic mass is 127. The van der Waals surface area contributed by atoms with Crippen molar-refractivity contribution < 1.29 is 4.21 Å². The minimum atomic E-state index is -0.855. The number of anilines is 1. The molecule has 1 heterocycles. The Labute approximate surface area is 178 Å². The van der Waals surface area contributed by atoms with Crippen LogP contribution in [0.5, 0.6) is 0 Å². The van der Waals surface area contributed by atoms with Crippen LogP contribution in [-0.2, 0) is 10.8 Å². The first-order valence-corrected chi connectivity index (χ1v) is 10.5. The second kappa shape index (κ2) is 11.1. The SMILES string of the molecule is CCNC(=NCCS(=O)C(C)(C)C)N1CCN(c2ccccc2)CC1.I. The number of nitrogens with one attached hydrogen (secondary N) is 1. The molecule has 1 N–H and O–H groups in total. The standard InChI is InChI=1S/C19H32N4OS.HI/c1-5-20-18(21-11-16-25(24)19(2,3)4)23-14-12-22(13-15-23)17-9-7-6-8-10-17;/h6-10H,5,11-16H2,1-4H3,(H,20,21);1H. The maximum atomic E-state index is 12.2. The fourth-order valence-electron chi connectivity index (χ4n) is 2.78. The summed E-state index contributed by atoms with van der Waals surface area (Å²) in [6, 6.07) is 10.6. The van der Waals surface area contributed by atoms with Crippen LogP contribution in [0.2, 0.25) is 0 Å². The summed E-state index contributed by atoms with van der Waals surface area (Å²) in [5.74, 6) is 1.56. The third-order valence-electron chi connectivity index (χ3n) is 4.26. The van der Waals surface area contributed by atoms with Gasteiger partial charge in [0.2, 0.25) is 0 Å². The molecule has 1 aromatic carbocycles. The monoisotopic (exact) mass is 492 g/mol. The van der Waals surface area contributed by atoms with Gasteiger partial charge in [-0.1, -0.05) is 18.2 Å². The van der Waals surface area contributed by atoms with Crippen LogP contribution < -0.4 is 10.2 Å². The van der Waals surface area contributed by atoms with E-state index in [2.05, 4.69) is 52.4 Å². The Hall–Kier alpha value is -0.830. The molecule has 1 aliphatic heterocycles. The summed E-state index contributed by atoms with van der Waals surface area (Å²) in [6.45, 7) is 13.5. The van der Waals surface area contributed by atoms with E-state index >= 15 is 0 Å². The second-order valence-electron chi connectivity index (χ2n) is 7.21. The van der Waals surface area contributed by atoms with Crippen molar-refractivity contribution in [1.29, 1.82) is 0 Å². The molecule has 0 spiro atoms. The lowest BCUT2D eigenvalue weighted by Gasteiger charge is -2.37. The molecule has 1 fully saturated rings. The first kappa shape index (κ1) is 23.2. The highest BCUT2D eigenvalue weighted by Crippen LogP contribution is 2.15. The van der Waals surface area contributed by atoms with E-state index in [0.717, 1.165) is 38.7 Å². The van der Waals surface area contributed by atoms with Crippen molar-refractivity contribution in [1.82, 2.24) is 10.2 Å². The molecule has 0 amide bonds. The van der Waals surface area contributed by atoms with Crippen LogP contribution in [0, 0.1) is 0 Å². The van der Waals surface area contributed by atoms with Gasteiger partial charge in [0, 0.05) is 59.7 Å². The lowest BCUT2D eigenvalue weighted by atomic mass is 10.2. The Morgan fingerprint density at radius 2 is 1.77 bits per heavy atom. The predicted octanol–water partition coefficient (Wildman–Crippen LogP) is 2.94. The van der Waals surface area contributed by atoms with Gasteiger partial charge >= 0.3 is 0 Å². The molecule has 26 heavy (non-hydrogen) atoms. The topological polar surface area (TPSA) is 47.9 Å². The van der Waals surface area contributed by atoms with Gasteiger partial charge in [-0.3, -0.25) is 9.20 Å². The van der Waals surface area contributed by atoms with Crippen molar-refractivity contribution in [2.45, 2.75) is 32.4 Å². The first-order chi connectivity index (χ1) is 11.9. The van der Waals surface area contributed by atoms with Gasteiger partial charge in [-0.2, -0.15) is 0 Å². The van der Waals surface area contributed by atoms with Gasteiger partial charge in [0.05, 0.1) is 6.54 Å². The average Bonchev–Trinajstić information content (AvgIpc) is 2.61. The summed E-state index contributed by atoms with van der Waals surface area (Å²) in [6.07, 6.45) is 0. The fourth-order valence-corrected chi connectivity index (χ4v) is 3.65. The van der Waals surface area contributed by atoms with E-state index in [9.17, 15) is 4.21 Å². The van der Waals surface area contributed by atoms with E-state index in [1.54, 1.807) is 0 Å². The second-order valence-corrected chi connectivity index (χ2v) is 9.53. The summed E-state index contributed by atoms with van der Waals surface area (Å²) in [7, 11) is -0.855. The van der Waals surface area contributed by atoms with Gasteiger partial charge in [0.25, 0.3) is 0 Å². The average molecular weight is 492 g/mol. The fraction of sp³-hybridized carbons (Fsp3) is 0.632. The van der Waals surface area contributed by atoms with Crippen LogP contribution in [0.4, 0.5) is 5.69 Å². The molecular weight excluding hydrogens is 459 g/mol. The Kier molecular flexibility index (Phi) is 9.92. The van der Waals surface area contributed by atoms with Gasteiger partial charge in [-0.15, -0.1) is 24.0 Å². The van der Waals surface area contributed by atoms with E-state index < -0.39 is 10.8 Å². The molecule has 1 aromatic rings. The summed E-state index contributed by atoms with van der Waals surface area (Å²) >= 11 is 0. The zero-order valence-corrected chi connectivity index (χ0v) is 19.5. The molecule has 0 saturated carbocycles. The zero-order valence-electron chi connectivity index (χ0n) is 16.4. The quantitative estimate of drug-likeness (QED) is 0.390. The van der Waals surface area contributed by atoms with Crippen LogP contribution in [0.3, 0.4) is 0 Å². The Morgan fingerprint density at radius 3 is 2.31 bits per heavy atom. The van der Waals surface area contributed by atoms with E-state index in [-0.39, 0.29) is 28.7 Å². The van der Waals surface area contributed by atoms with Crippen LogP contribution in [0.1, 0.15) is 27.7 Å². The maximum absolute atomic E-state index is 12.2. The van der Waals surface area contributed by atoms with Crippen molar-refractivity contribution in [3.05, 3.63) is 30.3 Å². The van der Waals surface area contributed by atoms with Crippen molar-refractivity contribution in [3.8, 4) is 0 Å². The largest absolute Gasteiger partial charge is 0.368 e. The number of aliphatic imine (C=N–C) groups is 1. The molecule has 1 saturated heterocycles. The summed E-state index contributed by atoms with van der Waals surface area (Å²) < 4.78 is 12.0. The molecule has 0 radical (unpaired) electrons. The molecule has 0 aliphatic carbocycles. The summed E-state index contributed by atoms with van der Waals surface area (Å²) in [4.78, 5) is 9.43. The van der Waals surface area contributed by atoms with Crippen molar-refractivity contribution in [3.63, 3.8) is 0 Å². The third kappa shape index (κ3) is 7.06. The lowest BCUT2D eigenvalue weighted by molar-refractivity contribution is 0.373. The van der Waals surface area contributed by atoms with Gasteiger partial charge in [0.15, 0.2) is 5.96 Å². The highest BCUT2D eigenvalue weighted by Gasteiger charge is 2.21. The highest BCUT2D eigenvalue weighted by molar-refractivity contribution is 14.0. The predicted molar refractivity (Wildman–Crippen MR) is 124 cm³/mol. The van der Waals surface area contributed by atoms with E-state index in [1.165, 1.54) is 5.69 Å².